The van der Waals surface area contributed by atoms with E-state index in [0.29, 0.717) is 29.8 Å². The predicted octanol–water partition coefficient (Wildman–Crippen LogP) is 2.12. The maximum atomic E-state index is 15.0. The SMILES string of the molecule is C[C@H]1CN(Cc2cccc(-c3cc(CNC(=O)c4cccc(CN(C)C5CC[N+](C)(C)C5)c4)ccc3F)c2)CCN1.I.[I-]. The molecule has 2 aliphatic heterocycles. The predicted molar refractivity (Wildman–Crippen MR) is 179 cm³/mol. The van der Waals surface area contributed by atoms with Gasteiger partial charge in [-0.05, 0) is 66.6 Å². The molecule has 0 aromatic heterocycles. The number of hydrogen-bond acceptors (Lipinski definition) is 4. The Kier molecular flexibility index (Phi) is 13.4. The maximum absolute atomic E-state index is 15.0. The molecule has 1 unspecified atom stereocenters. The van der Waals surface area contributed by atoms with Crippen molar-refractivity contribution in [1.82, 2.24) is 20.4 Å². The van der Waals surface area contributed by atoms with Crippen LogP contribution in [-0.4, -0.2) is 86.1 Å². The molecule has 2 atom stereocenters. The van der Waals surface area contributed by atoms with Crippen LogP contribution in [0.1, 0.15) is 40.4 Å². The summed E-state index contributed by atoms with van der Waals surface area (Å²) in [5.74, 6) is -0.374. The van der Waals surface area contributed by atoms with Gasteiger partial charge in [-0.1, -0.05) is 36.4 Å². The van der Waals surface area contributed by atoms with Gasteiger partial charge in [-0.3, -0.25) is 14.6 Å². The largest absolute Gasteiger partial charge is 1.00 e. The smallest absolute Gasteiger partial charge is 0.251 e. The summed E-state index contributed by atoms with van der Waals surface area (Å²) in [6.45, 7) is 9.56. The number of benzene rings is 3. The quantitative estimate of drug-likeness (QED) is 0.257. The second-order valence-electron chi connectivity index (χ2n) is 12.7. The topological polar surface area (TPSA) is 47.6 Å². The number of likely N-dealkylation sites (N-methyl/N-ethyl adjacent to an activating group) is 2. The molecule has 5 rings (SSSR count). The zero-order chi connectivity index (χ0) is 29.0. The van der Waals surface area contributed by atoms with Crippen molar-refractivity contribution in [3.05, 3.63) is 94.8 Å². The first kappa shape index (κ1) is 35.8. The average Bonchev–Trinajstić information content (AvgIpc) is 3.32. The van der Waals surface area contributed by atoms with E-state index in [-0.39, 0.29) is 59.7 Å². The molecule has 0 radical (unpaired) electrons. The fourth-order valence-corrected chi connectivity index (χ4v) is 6.28. The lowest BCUT2D eigenvalue weighted by molar-refractivity contribution is -0.878. The number of carbonyl (C=O) groups is 1. The van der Waals surface area contributed by atoms with E-state index in [1.165, 1.54) is 24.6 Å². The summed E-state index contributed by atoms with van der Waals surface area (Å²) in [5.41, 5.74) is 5.25. The molecule has 43 heavy (non-hydrogen) atoms. The summed E-state index contributed by atoms with van der Waals surface area (Å²) < 4.78 is 16.0. The Balaban J connectivity index is 0.00000253. The summed E-state index contributed by atoms with van der Waals surface area (Å²) in [6.07, 6.45) is 1.20. The number of piperazine rings is 1. The molecule has 1 amide bonds. The van der Waals surface area contributed by atoms with Gasteiger partial charge in [-0.25, -0.2) is 4.39 Å². The summed E-state index contributed by atoms with van der Waals surface area (Å²) in [5, 5.41) is 6.52. The highest BCUT2D eigenvalue weighted by Crippen LogP contribution is 2.26. The highest BCUT2D eigenvalue weighted by Gasteiger charge is 2.33. The van der Waals surface area contributed by atoms with E-state index < -0.39 is 0 Å². The Morgan fingerprint density at radius 1 is 1.07 bits per heavy atom. The lowest BCUT2D eigenvalue weighted by Crippen LogP contribution is -3.00. The van der Waals surface area contributed by atoms with Gasteiger partial charge in [0.05, 0.1) is 33.2 Å². The molecule has 2 fully saturated rings. The molecule has 3 aromatic rings. The lowest BCUT2D eigenvalue weighted by Gasteiger charge is -2.31. The molecule has 9 heteroatoms. The van der Waals surface area contributed by atoms with Crippen molar-refractivity contribution in [2.75, 3.05) is 53.9 Å². The molecule has 2 saturated heterocycles. The van der Waals surface area contributed by atoms with Crippen molar-refractivity contribution < 1.29 is 37.6 Å². The average molecular weight is 814 g/mol. The molecule has 0 saturated carbocycles. The lowest BCUT2D eigenvalue weighted by atomic mass is 10.00. The van der Waals surface area contributed by atoms with E-state index in [1.807, 2.05) is 36.4 Å². The minimum Gasteiger partial charge on any atom is -1.00 e. The third-order valence-corrected chi connectivity index (χ3v) is 8.60. The third kappa shape index (κ3) is 9.92. The Bertz CT molecular complexity index is 1370. The van der Waals surface area contributed by atoms with Crippen LogP contribution in [-0.2, 0) is 19.6 Å². The first-order chi connectivity index (χ1) is 19.6. The zero-order valence-electron chi connectivity index (χ0n) is 25.8. The van der Waals surface area contributed by atoms with E-state index in [2.05, 4.69) is 66.7 Å². The molecule has 3 aromatic carbocycles. The molecule has 0 aliphatic carbocycles. The van der Waals surface area contributed by atoms with E-state index in [9.17, 15) is 9.18 Å². The fraction of sp³-hybridized carbons (Fsp3) is 0.441. The Morgan fingerprint density at radius 2 is 1.84 bits per heavy atom. The normalized spacial score (nSPS) is 19.9. The Labute approximate surface area is 291 Å². The van der Waals surface area contributed by atoms with Gasteiger partial charge in [0, 0.05) is 62.9 Å². The minimum atomic E-state index is -0.255. The van der Waals surface area contributed by atoms with Gasteiger partial charge < -0.3 is 39.1 Å². The van der Waals surface area contributed by atoms with Crippen LogP contribution in [0.25, 0.3) is 11.1 Å². The summed E-state index contributed by atoms with van der Waals surface area (Å²) in [7, 11) is 6.75. The van der Waals surface area contributed by atoms with Crippen LogP contribution in [0.15, 0.2) is 66.7 Å². The number of amides is 1. The molecule has 2 aliphatic rings. The number of nitrogens with one attached hydrogen (secondary N) is 2. The second kappa shape index (κ2) is 16.1. The van der Waals surface area contributed by atoms with Crippen molar-refractivity contribution in [3.63, 3.8) is 0 Å². The number of halogens is 3. The van der Waals surface area contributed by atoms with Crippen molar-refractivity contribution in [2.24, 2.45) is 0 Å². The van der Waals surface area contributed by atoms with Crippen LogP contribution in [0, 0.1) is 5.82 Å². The van der Waals surface area contributed by atoms with Crippen LogP contribution in [0.5, 0.6) is 0 Å². The number of nitrogens with zero attached hydrogens (tertiary/aromatic N) is 3. The molecular weight excluding hydrogens is 767 g/mol. The van der Waals surface area contributed by atoms with E-state index in [1.54, 1.807) is 6.07 Å². The molecule has 234 valence electrons. The standard InChI is InChI=1S/C34H44FN5O.2HI/c1-25-21-39(15-14-36-25)23-28-8-5-9-29(17-28)32-19-26(11-12-33(32)35)20-37-34(41)30-10-6-7-27(18-30)22-38(2)31-13-16-40(3,4)24-31;;/h5-12,17-19,25,31,36H,13-16,20-24H2,1-4H3;2*1H/t25-,31?;;/m0../s1. The van der Waals surface area contributed by atoms with Crippen LogP contribution >= 0.6 is 24.0 Å². The van der Waals surface area contributed by atoms with Gasteiger partial charge in [0.2, 0.25) is 0 Å². The van der Waals surface area contributed by atoms with Crippen LogP contribution in [0.4, 0.5) is 4.39 Å². The first-order valence-corrected chi connectivity index (χ1v) is 14.9. The highest BCUT2D eigenvalue weighted by molar-refractivity contribution is 14.0. The van der Waals surface area contributed by atoms with Gasteiger partial charge in [-0.2, -0.15) is 0 Å². The molecule has 0 spiro atoms. The third-order valence-electron chi connectivity index (χ3n) is 8.60. The van der Waals surface area contributed by atoms with Crippen molar-refractivity contribution >= 4 is 29.9 Å². The maximum Gasteiger partial charge on any atom is 0.251 e. The van der Waals surface area contributed by atoms with Gasteiger partial charge in [0.15, 0.2) is 0 Å². The van der Waals surface area contributed by atoms with Crippen molar-refractivity contribution in [1.29, 1.82) is 0 Å². The number of likely N-dealkylation sites (tertiary alicyclic amines) is 1. The molecule has 6 nitrogen and oxygen atoms in total. The Morgan fingerprint density at radius 3 is 2.58 bits per heavy atom. The number of hydrogen-bond donors (Lipinski definition) is 2. The van der Waals surface area contributed by atoms with Gasteiger partial charge in [0.25, 0.3) is 5.91 Å². The molecule has 0 bridgehead atoms. The van der Waals surface area contributed by atoms with E-state index in [4.69, 9.17) is 0 Å². The van der Waals surface area contributed by atoms with Gasteiger partial charge in [0.1, 0.15) is 5.82 Å². The summed E-state index contributed by atoms with van der Waals surface area (Å²) in [4.78, 5) is 17.9. The number of carbonyl (C=O) groups excluding carboxylic acids is 1. The van der Waals surface area contributed by atoms with Crippen molar-refractivity contribution in [3.8, 4) is 11.1 Å². The molecule has 2 N–H and O–H groups in total. The first-order valence-electron chi connectivity index (χ1n) is 14.9. The van der Waals surface area contributed by atoms with E-state index in [0.717, 1.165) is 60.4 Å². The number of quaternary nitrogens is 1. The molecular formula is C34H46FI2N5O. The highest BCUT2D eigenvalue weighted by atomic mass is 127. The van der Waals surface area contributed by atoms with Gasteiger partial charge in [-0.15, -0.1) is 24.0 Å². The van der Waals surface area contributed by atoms with Gasteiger partial charge >= 0.3 is 0 Å². The molecule has 2 heterocycles. The summed E-state index contributed by atoms with van der Waals surface area (Å²) in [6, 6.07) is 22.2. The monoisotopic (exact) mass is 813 g/mol. The minimum absolute atomic E-state index is 0. The van der Waals surface area contributed by atoms with Crippen LogP contribution in [0.2, 0.25) is 0 Å². The summed E-state index contributed by atoms with van der Waals surface area (Å²) >= 11 is 0. The van der Waals surface area contributed by atoms with Crippen LogP contribution < -0.4 is 34.6 Å². The number of rotatable bonds is 9. The fourth-order valence-electron chi connectivity index (χ4n) is 6.28. The van der Waals surface area contributed by atoms with E-state index >= 15 is 0 Å². The second-order valence-corrected chi connectivity index (χ2v) is 12.7. The zero-order valence-corrected chi connectivity index (χ0v) is 30.3. The van der Waals surface area contributed by atoms with Crippen molar-refractivity contribution in [2.45, 2.75) is 45.1 Å². The van der Waals surface area contributed by atoms with Crippen LogP contribution in [0.3, 0.4) is 0 Å². The Hall–Kier alpha value is -1.64.